The van der Waals surface area contributed by atoms with Crippen LogP contribution in [0.4, 0.5) is 0 Å². The molecule has 2 heterocycles. The van der Waals surface area contributed by atoms with Crippen LogP contribution in [0.1, 0.15) is 31.2 Å². The molecule has 1 aromatic rings. The van der Waals surface area contributed by atoms with Crippen LogP contribution in [0.2, 0.25) is 0 Å². The second kappa shape index (κ2) is 6.01. The molecule has 1 aromatic carbocycles. The maximum Gasteiger partial charge on any atom is 0.223 e. The van der Waals surface area contributed by atoms with E-state index in [1.54, 1.807) is 0 Å². The Kier molecular flexibility index (Phi) is 3.89. The highest BCUT2D eigenvalue weighted by Gasteiger charge is 2.45. The van der Waals surface area contributed by atoms with Gasteiger partial charge in [-0.2, -0.15) is 0 Å². The van der Waals surface area contributed by atoms with Crippen molar-refractivity contribution < 1.29 is 9.53 Å². The molecule has 4 rings (SSSR count). The lowest BCUT2D eigenvalue weighted by atomic mass is 10.0. The molecule has 3 aliphatic rings. The quantitative estimate of drug-likeness (QED) is 0.924. The van der Waals surface area contributed by atoms with Gasteiger partial charge in [-0.05, 0) is 31.2 Å². The third-order valence-corrected chi connectivity index (χ3v) is 5.13. The Hall–Kier alpha value is -1.39. The molecular formula is C18H24N2O2. The van der Waals surface area contributed by atoms with E-state index in [1.807, 2.05) is 0 Å². The number of hydrogen-bond acceptors (Lipinski definition) is 3. The fraction of sp³-hybridized carbons (Fsp3) is 0.611. The zero-order valence-electron chi connectivity index (χ0n) is 12.9. The molecule has 3 atom stereocenters. The van der Waals surface area contributed by atoms with Gasteiger partial charge in [0.2, 0.25) is 5.91 Å². The third-order valence-electron chi connectivity index (χ3n) is 5.13. The van der Waals surface area contributed by atoms with Gasteiger partial charge in [-0.1, -0.05) is 30.3 Å². The van der Waals surface area contributed by atoms with Gasteiger partial charge in [0.25, 0.3) is 0 Å². The topological polar surface area (TPSA) is 41.6 Å². The number of rotatable bonds is 4. The maximum absolute atomic E-state index is 12.1. The number of amides is 1. The number of nitrogens with zero attached hydrogens (tertiary/aromatic N) is 1. The summed E-state index contributed by atoms with van der Waals surface area (Å²) in [4.78, 5) is 14.6. The Morgan fingerprint density at radius 2 is 2.05 bits per heavy atom. The van der Waals surface area contributed by atoms with Crippen molar-refractivity contribution in [2.45, 2.75) is 50.4 Å². The van der Waals surface area contributed by atoms with E-state index in [0.29, 0.717) is 6.04 Å². The maximum atomic E-state index is 12.1. The monoisotopic (exact) mass is 300 g/mol. The van der Waals surface area contributed by atoms with Gasteiger partial charge in [-0.15, -0.1) is 0 Å². The highest BCUT2D eigenvalue weighted by Crippen LogP contribution is 2.33. The van der Waals surface area contributed by atoms with Crippen molar-refractivity contribution in [2.24, 2.45) is 5.92 Å². The number of benzene rings is 1. The van der Waals surface area contributed by atoms with E-state index in [9.17, 15) is 4.79 Å². The Labute approximate surface area is 131 Å². The number of ether oxygens (including phenoxy) is 1. The molecule has 0 spiro atoms. The van der Waals surface area contributed by atoms with Crippen LogP contribution in [0.15, 0.2) is 30.3 Å². The molecule has 1 aliphatic carbocycles. The molecule has 1 amide bonds. The van der Waals surface area contributed by atoms with Crippen molar-refractivity contribution in [1.29, 1.82) is 0 Å². The van der Waals surface area contributed by atoms with E-state index in [-0.39, 0.29) is 24.0 Å². The summed E-state index contributed by atoms with van der Waals surface area (Å²) >= 11 is 0. The normalized spacial score (nSPS) is 31.7. The van der Waals surface area contributed by atoms with Crippen molar-refractivity contribution >= 4 is 5.91 Å². The molecule has 0 radical (unpaired) electrons. The first kappa shape index (κ1) is 14.2. The van der Waals surface area contributed by atoms with Gasteiger partial charge >= 0.3 is 0 Å². The van der Waals surface area contributed by atoms with Gasteiger partial charge in [0, 0.05) is 31.7 Å². The number of nitrogens with one attached hydrogen (secondary N) is 1. The van der Waals surface area contributed by atoms with E-state index in [4.69, 9.17) is 4.74 Å². The van der Waals surface area contributed by atoms with Gasteiger partial charge in [0.1, 0.15) is 0 Å². The van der Waals surface area contributed by atoms with E-state index in [1.165, 1.54) is 12.0 Å². The molecule has 118 valence electrons. The molecule has 2 saturated heterocycles. The summed E-state index contributed by atoms with van der Waals surface area (Å²) < 4.78 is 6.03. The third kappa shape index (κ3) is 2.90. The molecule has 1 saturated carbocycles. The van der Waals surface area contributed by atoms with E-state index < -0.39 is 0 Å². The summed E-state index contributed by atoms with van der Waals surface area (Å²) in [6, 6.07) is 11.2. The van der Waals surface area contributed by atoms with E-state index in [2.05, 4.69) is 40.5 Å². The van der Waals surface area contributed by atoms with Crippen LogP contribution >= 0.6 is 0 Å². The highest BCUT2D eigenvalue weighted by molar-refractivity contribution is 5.81. The molecule has 0 aromatic heterocycles. The van der Waals surface area contributed by atoms with Crippen LogP contribution in [0, 0.1) is 5.92 Å². The van der Waals surface area contributed by atoms with E-state index in [0.717, 1.165) is 39.0 Å². The van der Waals surface area contributed by atoms with Crippen LogP contribution in [0.3, 0.4) is 0 Å². The minimum absolute atomic E-state index is 0.155. The molecule has 0 unspecified atom stereocenters. The minimum atomic E-state index is 0.155. The van der Waals surface area contributed by atoms with Crippen LogP contribution in [-0.4, -0.2) is 42.1 Å². The predicted molar refractivity (Wildman–Crippen MR) is 84.3 cm³/mol. The Balaban J connectivity index is 1.46. The Bertz CT molecular complexity index is 529. The van der Waals surface area contributed by atoms with Crippen LogP contribution in [-0.2, 0) is 16.1 Å². The lowest BCUT2D eigenvalue weighted by Gasteiger charge is -2.32. The number of fused-ring (bicyclic) bond motifs is 1. The van der Waals surface area contributed by atoms with Crippen molar-refractivity contribution in [3.8, 4) is 0 Å². The summed E-state index contributed by atoms with van der Waals surface area (Å²) in [6.45, 7) is 2.68. The van der Waals surface area contributed by atoms with Gasteiger partial charge in [-0.25, -0.2) is 0 Å². The van der Waals surface area contributed by atoms with Crippen molar-refractivity contribution in [3.05, 3.63) is 35.9 Å². The lowest BCUT2D eigenvalue weighted by Crippen LogP contribution is -2.48. The molecular weight excluding hydrogens is 276 g/mol. The van der Waals surface area contributed by atoms with E-state index >= 15 is 0 Å². The van der Waals surface area contributed by atoms with Crippen LogP contribution in [0.5, 0.6) is 0 Å². The summed E-state index contributed by atoms with van der Waals surface area (Å²) in [7, 11) is 0. The molecule has 22 heavy (non-hydrogen) atoms. The Morgan fingerprint density at radius 1 is 1.23 bits per heavy atom. The lowest BCUT2D eigenvalue weighted by molar-refractivity contribution is -0.124. The second-order valence-corrected chi connectivity index (χ2v) is 6.85. The summed E-state index contributed by atoms with van der Waals surface area (Å²) in [5.41, 5.74) is 1.33. The first-order valence-corrected chi connectivity index (χ1v) is 8.51. The molecule has 3 fully saturated rings. The second-order valence-electron chi connectivity index (χ2n) is 6.85. The van der Waals surface area contributed by atoms with Crippen molar-refractivity contribution in [1.82, 2.24) is 10.2 Å². The largest absolute Gasteiger partial charge is 0.374 e. The van der Waals surface area contributed by atoms with Gasteiger partial charge < -0.3 is 10.1 Å². The SMILES string of the molecule is O=C(N[C@@H]1CN(Cc2ccccc2)[C@H]2CCCO[C@@H]12)C1CC1. The van der Waals surface area contributed by atoms with Gasteiger partial charge in [0.05, 0.1) is 12.1 Å². The van der Waals surface area contributed by atoms with Gasteiger partial charge in [-0.3, -0.25) is 9.69 Å². The summed E-state index contributed by atoms with van der Waals surface area (Å²) in [5, 5.41) is 3.25. The zero-order chi connectivity index (χ0) is 14.9. The fourth-order valence-electron chi connectivity index (χ4n) is 3.83. The number of hydrogen-bond donors (Lipinski definition) is 1. The number of carbonyl (C=O) groups is 1. The first-order chi connectivity index (χ1) is 10.8. The fourth-order valence-corrected chi connectivity index (χ4v) is 3.83. The Morgan fingerprint density at radius 3 is 2.82 bits per heavy atom. The number of carbonyl (C=O) groups excluding carboxylic acids is 1. The minimum Gasteiger partial charge on any atom is -0.374 e. The van der Waals surface area contributed by atoms with Crippen molar-refractivity contribution in [2.75, 3.05) is 13.2 Å². The molecule has 0 bridgehead atoms. The first-order valence-electron chi connectivity index (χ1n) is 8.51. The van der Waals surface area contributed by atoms with Gasteiger partial charge in [0.15, 0.2) is 0 Å². The average molecular weight is 300 g/mol. The highest BCUT2D eigenvalue weighted by atomic mass is 16.5. The summed E-state index contributed by atoms with van der Waals surface area (Å²) in [6.07, 6.45) is 4.58. The number of likely N-dealkylation sites (tertiary alicyclic amines) is 1. The van der Waals surface area contributed by atoms with Crippen LogP contribution in [0.25, 0.3) is 0 Å². The van der Waals surface area contributed by atoms with Crippen molar-refractivity contribution in [3.63, 3.8) is 0 Å². The molecule has 4 heteroatoms. The molecule has 2 aliphatic heterocycles. The smallest absolute Gasteiger partial charge is 0.223 e. The predicted octanol–water partition coefficient (Wildman–Crippen LogP) is 1.94. The standard InChI is InChI=1S/C18H24N2O2/c21-18(14-8-9-14)19-15-12-20(11-13-5-2-1-3-6-13)16-7-4-10-22-17(15)16/h1-3,5-6,14-17H,4,7-12H2,(H,19,21)/t15-,16+,17+/m1/s1. The van der Waals surface area contributed by atoms with Crippen LogP contribution < -0.4 is 5.32 Å². The zero-order valence-corrected chi connectivity index (χ0v) is 12.9. The molecule has 4 nitrogen and oxygen atoms in total. The average Bonchev–Trinajstić information content (AvgIpc) is 3.35. The molecule has 1 N–H and O–H groups in total. The summed E-state index contributed by atoms with van der Waals surface area (Å²) in [5.74, 6) is 0.504.